The van der Waals surface area contributed by atoms with Gasteiger partial charge in [-0.25, -0.2) is 4.39 Å². The molecule has 0 aliphatic carbocycles. The number of nitrogens with zero attached hydrogens (tertiary/aromatic N) is 4. The highest BCUT2D eigenvalue weighted by Gasteiger charge is 2.37. The van der Waals surface area contributed by atoms with Gasteiger partial charge >= 0.3 is 0 Å². The highest BCUT2D eigenvalue weighted by atomic mass is 19.1. The van der Waals surface area contributed by atoms with E-state index < -0.39 is 0 Å². The van der Waals surface area contributed by atoms with Gasteiger partial charge < -0.3 is 14.4 Å². The molecule has 0 N–H and O–H groups in total. The van der Waals surface area contributed by atoms with Gasteiger partial charge in [0.05, 0.1) is 0 Å². The SMILES string of the molecule is Cn1cccc(C(=O)N2CC(N3CCN(c4ccc(F)cc4)CC3)C2)c1=O. The Balaban J connectivity index is 1.30. The zero-order chi connectivity index (χ0) is 19.0. The lowest BCUT2D eigenvalue weighted by atomic mass is 10.0. The number of halogens is 1. The molecule has 1 amide bonds. The van der Waals surface area contributed by atoms with Gasteiger partial charge in [-0.1, -0.05) is 0 Å². The molecule has 2 aliphatic heterocycles. The third-order valence-corrected chi connectivity index (χ3v) is 5.53. The predicted octanol–water partition coefficient (Wildman–Crippen LogP) is 1.17. The number of carbonyl (C=O) groups excluding carboxylic acids is 1. The Hall–Kier alpha value is -2.67. The fourth-order valence-electron chi connectivity index (χ4n) is 3.78. The van der Waals surface area contributed by atoms with Crippen LogP contribution >= 0.6 is 0 Å². The van der Waals surface area contributed by atoms with E-state index in [2.05, 4.69) is 9.80 Å². The summed E-state index contributed by atoms with van der Waals surface area (Å²) in [6.45, 7) is 4.92. The Kier molecular flexibility index (Phi) is 4.70. The number of pyridine rings is 1. The summed E-state index contributed by atoms with van der Waals surface area (Å²) < 4.78 is 14.5. The van der Waals surface area contributed by atoms with Gasteiger partial charge in [0.1, 0.15) is 11.4 Å². The van der Waals surface area contributed by atoms with Gasteiger partial charge in [0.2, 0.25) is 0 Å². The van der Waals surface area contributed by atoms with Crippen LogP contribution in [0.1, 0.15) is 10.4 Å². The fraction of sp³-hybridized carbons (Fsp3) is 0.400. The molecule has 27 heavy (non-hydrogen) atoms. The lowest BCUT2D eigenvalue weighted by Gasteiger charge is -2.48. The minimum Gasteiger partial charge on any atom is -0.369 e. The molecule has 0 unspecified atom stereocenters. The molecule has 0 radical (unpaired) electrons. The zero-order valence-corrected chi connectivity index (χ0v) is 15.3. The van der Waals surface area contributed by atoms with Crippen molar-refractivity contribution in [2.45, 2.75) is 6.04 Å². The van der Waals surface area contributed by atoms with Gasteiger partial charge in [0.25, 0.3) is 11.5 Å². The van der Waals surface area contributed by atoms with Crippen LogP contribution < -0.4 is 10.5 Å². The summed E-state index contributed by atoms with van der Waals surface area (Å²) in [6, 6.07) is 10.3. The standard InChI is InChI=1S/C20H23FN4O2/c1-22-8-2-3-18(19(22)26)20(27)25-13-17(14-25)24-11-9-23(10-12-24)16-6-4-15(21)5-7-16/h2-8,17H,9-14H2,1H3. The number of aryl methyl sites for hydroxylation is 1. The number of hydrogen-bond donors (Lipinski definition) is 0. The lowest BCUT2D eigenvalue weighted by molar-refractivity contribution is 0.0245. The number of likely N-dealkylation sites (tertiary alicyclic amines) is 1. The van der Waals surface area contributed by atoms with Crippen molar-refractivity contribution in [2.24, 2.45) is 7.05 Å². The van der Waals surface area contributed by atoms with Crippen LogP contribution in [0, 0.1) is 5.82 Å². The van der Waals surface area contributed by atoms with Crippen molar-refractivity contribution < 1.29 is 9.18 Å². The average Bonchev–Trinajstić information content (AvgIpc) is 2.64. The van der Waals surface area contributed by atoms with Crippen LogP contribution in [0.4, 0.5) is 10.1 Å². The van der Waals surface area contributed by atoms with Gasteiger partial charge in [-0.05, 0) is 36.4 Å². The number of hydrogen-bond acceptors (Lipinski definition) is 4. The second-order valence-corrected chi connectivity index (χ2v) is 7.20. The molecule has 2 fully saturated rings. The Morgan fingerprint density at radius 1 is 1.04 bits per heavy atom. The van der Waals surface area contributed by atoms with Gasteiger partial charge in [0, 0.05) is 64.2 Å². The van der Waals surface area contributed by atoms with E-state index in [0.717, 1.165) is 31.9 Å². The fourth-order valence-corrected chi connectivity index (χ4v) is 3.78. The van der Waals surface area contributed by atoms with E-state index in [0.29, 0.717) is 19.1 Å². The van der Waals surface area contributed by atoms with E-state index in [1.165, 1.54) is 16.7 Å². The number of amides is 1. The smallest absolute Gasteiger partial charge is 0.263 e. The third-order valence-electron chi connectivity index (χ3n) is 5.53. The van der Waals surface area contributed by atoms with Crippen LogP contribution in [0.3, 0.4) is 0 Å². The Morgan fingerprint density at radius 2 is 1.70 bits per heavy atom. The molecule has 3 heterocycles. The maximum atomic E-state index is 13.1. The summed E-state index contributed by atoms with van der Waals surface area (Å²) in [6.07, 6.45) is 1.65. The molecular weight excluding hydrogens is 347 g/mol. The first-order valence-electron chi connectivity index (χ1n) is 9.22. The maximum absolute atomic E-state index is 13.1. The highest BCUT2D eigenvalue weighted by molar-refractivity contribution is 5.94. The third kappa shape index (κ3) is 3.47. The summed E-state index contributed by atoms with van der Waals surface area (Å²) >= 11 is 0. The van der Waals surface area contributed by atoms with Crippen molar-refractivity contribution in [1.29, 1.82) is 0 Å². The second kappa shape index (κ2) is 7.15. The van der Waals surface area contributed by atoms with Crippen LogP contribution in [-0.2, 0) is 7.05 Å². The van der Waals surface area contributed by atoms with Crippen LogP contribution in [-0.4, -0.2) is 65.6 Å². The maximum Gasteiger partial charge on any atom is 0.263 e. The molecule has 4 rings (SSSR count). The molecule has 142 valence electrons. The van der Waals surface area contributed by atoms with Crippen molar-refractivity contribution in [3.8, 4) is 0 Å². The molecular formula is C20H23FN4O2. The molecule has 1 aromatic heterocycles. The van der Waals surface area contributed by atoms with E-state index in [1.54, 1.807) is 30.3 Å². The topological polar surface area (TPSA) is 48.8 Å². The molecule has 0 bridgehead atoms. The zero-order valence-electron chi connectivity index (χ0n) is 15.3. The minimum absolute atomic E-state index is 0.183. The molecule has 1 aromatic carbocycles. The van der Waals surface area contributed by atoms with Crippen molar-refractivity contribution in [3.63, 3.8) is 0 Å². The molecule has 2 aromatic rings. The normalized spacial score (nSPS) is 18.4. The Labute approximate surface area is 157 Å². The van der Waals surface area contributed by atoms with Crippen LogP contribution in [0.5, 0.6) is 0 Å². The Morgan fingerprint density at radius 3 is 2.37 bits per heavy atom. The molecule has 0 spiro atoms. The summed E-state index contributed by atoms with van der Waals surface area (Å²) in [5.41, 5.74) is 1.03. The van der Waals surface area contributed by atoms with Crippen molar-refractivity contribution >= 4 is 11.6 Å². The predicted molar refractivity (Wildman–Crippen MR) is 102 cm³/mol. The monoisotopic (exact) mass is 370 g/mol. The summed E-state index contributed by atoms with van der Waals surface area (Å²) in [7, 11) is 1.65. The number of rotatable bonds is 3. The van der Waals surface area contributed by atoms with Gasteiger partial charge in [0.15, 0.2) is 0 Å². The number of anilines is 1. The van der Waals surface area contributed by atoms with E-state index >= 15 is 0 Å². The first kappa shape index (κ1) is 17.7. The molecule has 7 heteroatoms. The minimum atomic E-state index is -0.251. The highest BCUT2D eigenvalue weighted by Crippen LogP contribution is 2.21. The Bertz CT molecular complexity index is 882. The van der Waals surface area contributed by atoms with Crippen molar-refractivity contribution in [1.82, 2.24) is 14.4 Å². The van der Waals surface area contributed by atoms with Crippen LogP contribution in [0.25, 0.3) is 0 Å². The summed E-state index contributed by atoms with van der Waals surface area (Å²) in [4.78, 5) is 31.0. The first-order valence-corrected chi connectivity index (χ1v) is 9.22. The molecule has 2 saturated heterocycles. The van der Waals surface area contributed by atoms with Crippen molar-refractivity contribution in [2.75, 3.05) is 44.2 Å². The molecule has 0 saturated carbocycles. The number of benzene rings is 1. The average molecular weight is 370 g/mol. The quantitative estimate of drug-likeness (QED) is 0.814. The van der Waals surface area contributed by atoms with E-state index in [4.69, 9.17) is 0 Å². The van der Waals surface area contributed by atoms with E-state index in [1.807, 2.05) is 12.1 Å². The molecule has 0 atom stereocenters. The van der Waals surface area contributed by atoms with Crippen LogP contribution in [0.2, 0.25) is 0 Å². The molecule has 2 aliphatic rings. The largest absolute Gasteiger partial charge is 0.369 e. The van der Waals surface area contributed by atoms with Gasteiger partial charge in [-0.15, -0.1) is 0 Å². The number of aromatic nitrogens is 1. The summed E-state index contributed by atoms with van der Waals surface area (Å²) in [5, 5.41) is 0. The lowest BCUT2D eigenvalue weighted by Crippen LogP contribution is -2.64. The van der Waals surface area contributed by atoms with E-state index in [-0.39, 0.29) is 22.8 Å². The summed E-state index contributed by atoms with van der Waals surface area (Å²) in [5.74, 6) is -0.401. The molecule has 6 nitrogen and oxygen atoms in total. The first-order chi connectivity index (χ1) is 13.0. The number of carbonyl (C=O) groups is 1. The van der Waals surface area contributed by atoms with Crippen molar-refractivity contribution in [3.05, 3.63) is 64.3 Å². The van der Waals surface area contributed by atoms with Crippen LogP contribution in [0.15, 0.2) is 47.4 Å². The van der Waals surface area contributed by atoms with E-state index in [9.17, 15) is 14.0 Å². The van der Waals surface area contributed by atoms with Gasteiger partial charge in [-0.2, -0.15) is 0 Å². The number of piperazine rings is 1. The van der Waals surface area contributed by atoms with Gasteiger partial charge in [-0.3, -0.25) is 14.5 Å². The second-order valence-electron chi connectivity index (χ2n) is 7.20.